The molecule has 1 aromatic heterocycles. The highest BCUT2D eigenvalue weighted by Gasteiger charge is 2.11. The summed E-state index contributed by atoms with van der Waals surface area (Å²) in [6, 6.07) is 9.95. The minimum atomic E-state index is -3.17. The second-order valence-corrected chi connectivity index (χ2v) is 7.37. The molecular weight excluding hydrogens is 290 g/mol. The van der Waals surface area contributed by atoms with Gasteiger partial charge in [-0.3, -0.25) is 0 Å². The van der Waals surface area contributed by atoms with Crippen molar-refractivity contribution in [3.8, 4) is 11.1 Å². The molecule has 2 aromatic rings. The first-order valence-corrected chi connectivity index (χ1v) is 9.29. The van der Waals surface area contributed by atoms with Crippen LogP contribution in [0.4, 0.5) is 0 Å². The van der Waals surface area contributed by atoms with Gasteiger partial charge in [-0.2, -0.15) is 11.3 Å². The third kappa shape index (κ3) is 4.16. The molecule has 0 saturated heterocycles. The van der Waals surface area contributed by atoms with Gasteiger partial charge in [0.1, 0.15) is 0 Å². The Kier molecular flexibility index (Phi) is 5.34. The van der Waals surface area contributed by atoms with Gasteiger partial charge in [-0.05, 0) is 39.9 Å². The smallest absolute Gasteiger partial charge is 0.211 e. The molecule has 108 valence electrons. The summed E-state index contributed by atoms with van der Waals surface area (Å²) in [5.74, 6) is 0.199. The normalized spacial score (nSPS) is 11.7. The van der Waals surface area contributed by atoms with Crippen LogP contribution >= 0.6 is 11.3 Å². The maximum absolute atomic E-state index is 11.9. The van der Waals surface area contributed by atoms with Crippen LogP contribution in [0.3, 0.4) is 0 Å². The third-order valence-electron chi connectivity index (χ3n) is 3.10. The van der Waals surface area contributed by atoms with Gasteiger partial charge in [-0.15, -0.1) is 0 Å². The van der Waals surface area contributed by atoms with Crippen LogP contribution in [0.2, 0.25) is 0 Å². The first-order valence-electron chi connectivity index (χ1n) is 6.70. The minimum absolute atomic E-state index is 0.199. The van der Waals surface area contributed by atoms with E-state index in [-0.39, 0.29) is 5.75 Å². The first-order chi connectivity index (χ1) is 9.62. The second kappa shape index (κ2) is 7.02. The molecule has 5 heteroatoms. The standard InChI is InChI=1S/C15H19NO2S2/c1-2-3-10-20(17,18)16-11-13-6-4-5-7-15(13)14-8-9-19-12-14/h4-9,12,16H,2-3,10-11H2,1H3. The Morgan fingerprint density at radius 2 is 2.00 bits per heavy atom. The summed E-state index contributed by atoms with van der Waals surface area (Å²) < 4.78 is 26.4. The summed E-state index contributed by atoms with van der Waals surface area (Å²) in [4.78, 5) is 0. The minimum Gasteiger partial charge on any atom is -0.212 e. The predicted molar refractivity (Wildman–Crippen MR) is 85.3 cm³/mol. The lowest BCUT2D eigenvalue weighted by atomic mass is 10.0. The quantitative estimate of drug-likeness (QED) is 0.849. The largest absolute Gasteiger partial charge is 0.212 e. The highest BCUT2D eigenvalue weighted by atomic mass is 32.2. The average molecular weight is 309 g/mol. The summed E-state index contributed by atoms with van der Waals surface area (Å²) in [6.07, 6.45) is 1.58. The zero-order valence-corrected chi connectivity index (χ0v) is 13.1. The fourth-order valence-corrected chi connectivity index (χ4v) is 3.81. The number of hydrogen-bond acceptors (Lipinski definition) is 3. The number of benzene rings is 1. The van der Waals surface area contributed by atoms with Crippen molar-refractivity contribution in [2.75, 3.05) is 5.75 Å². The number of hydrogen-bond donors (Lipinski definition) is 1. The molecule has 3 nitrogen and oxygen atoms in total. The summed E-state index contributed by atoms with van der Waals surface area (Å²) in [5, 5.41) is 4.10. The van der Waals surface area contributed by atoms with E-state index in [9.17, 15) is 8.42 Å². The van der Waals surface area contributed by atoms with Crippen LogP contribution in [-0.4, -0.2) is 14.2 Å². The summed E-state index contributed by atoms with van der Waals surface area (Å²) in [6.45, 7) is 2.33. The fourth-order valence-electron chi connectivity index (χ4n) is 1.97. The average Bonchev–Trinajstić information content (AvgIpc) is 2.97. The van der Waals surface area contributed by atoms with E-state index >= 15 is 0 Å². The molecule has 0 atom stereocenters. The third-order valence-corrected chi connectivity index (χ3v) is 5.19. The Bertz CT molecular complexity index is 634. The summed E-state index contributed by atoms with van der Waals surface area (Å²) in [7, 11) is -3.17. The maximum Gasteiger partial charge on any atom is 0.211 e. The van der Waals surface area contributed by atoms with Crippen molar-refractivity contribution in [1.29, 1.82) is 0 Å². The van der Waals surface area contributed by atoms with Crippen molar-refractivity contribution in [1.82, 2.24) is 4.72 Å². The molecule has 0 bridgehead atoms. The topological polar surface area (TPSA) is 46.2 Å². The number of thiophene rings is 1. The molecule has 0 aliphatic carbocycles. The van der Waals surface area contributed by atoms with Crippen LogP contribution in [0.25, 0.3) is 11.1 Å². The summed E-state index contributed by atoms with van der Waals surface area (Å²) >= 11 is 1.64. The van der Waals surface area contributed by atoms with Gasteiger partial charge in [-0.25, -0.2) is 13.1 Å². The fraction of sp³-hybridized carbons (Fsp3) is 0.333. The highest BCUT2D eigenvalue weighted by molar-refractivity contribution is 7.89. The van der Waals surface area contributed by atoms with E-state index in [0.29, 0.717) is 13.0 Å². The van der Waals surface area contributed by atoms with Crippen molar-refractivity contribution < 1.29 is 8.42 Å². The summed E-state index contributed by atoms with van der Waals surface area (Å²) in [5.41, 5.74) is 3.23. The Balaban J connectivity index is 2.11. The van der Waals surface area contributed by atoms with Crippen LogP contribution in [0.15, 0.2) is 41.1 Å². The zero-order chi connectivity index (χ0) is 14.4. The van der Waals surface area contributed by atoms with Gasteiger partial charge in [0.25, 0.3) is 0 Å². The van der Waals surface area contributed by atoms with Gasteiger partial charge in [0.2, 0.25) is 10.0 Å². The van der Waals surface area contributed by atoms with Crippen molar-refractivity contribution in [2.45, 2.75) is 26.3 Å². The van der Waals surface area contributed by atoms with Gasteiger partial charge in [0.05, 0.1) is 5.75 Å². The van der Waals surface area contributed by atoms with Crippen molar-refractivity contribution in [2.24, 2.45) is 0 Å². The SMILES string of the molecule is CCCCS(=O)(=O)NCc1ccccc1-c1ccsc1. The monoisotopic (exact) mass is 309 g/mol. The van der Waals surface area contributed by atoms with Crippen molar-refractivity contribution in [3.63, 3.8) is 0 Å². The van der Waals surface area contributed by atoms with E-state index in [1.54, 1.807) is 11.3 Å². The number of unbranched alkanes of at least 4 members (excludes halogenated alkanes) is 1. The second-order valence-electron chi connectivity index (χ2n) is 4.66. The van der Waals surface area contributed by atoms with E-state index in [1.807, 2.05) is 36.6 Å². The molecule has 1 aromatic carbocycles. The van der Waals surface area contributed by atoms with E-state index < -0.39 is 10.0 Å². The predicted octanol–water partition coefficient (Wildman–Crippen LogP) is 3.63. The first kappa shape index (κ1) is 15.2. The Hall–Kier alpha value is -1.17. The lowest BCUT2D eigenvalue weighted by Crippen LogP contribution is -2.26. The molecule has 0 fully saturated rings. The molecule has 0 spiro atoms. The molecule has 0 aliphatic rings. The van der Waals surface area contributed by atoms with E-state index in [1.165, 1.54) is 0 Å². The molecule has 0 amide bonds. The lowest BCUT2D eigenvalue weighted by molar-refractivity contribution is 0.578. The van der Waals surface area contributed by atoms with Gasteiger partial charge in [-0.1, -0.05) is 37.6 Å². The Labute approximate surface area is 124 Å². The van der Waals surface area contributed by atoms with Gasteiger partial charge >= 0.3 is 0 Å². The van der Waals surface area contributed by atoms with Crippen molar-refractivity contribution in [3.05, 3.63) is 46.7 Å². The molecule has 1 N–H and O–H groups in total. The van der Waals surface area contributed by atoms with E-state index in [4.69, 9.17) is 0 Å². The zero-order valence-electron chi connectivity index (χ0n) is 11.5. The Morgan fingerprint density at radius 3 is 2.70 bits per heavy atom. The van der Waals surface area contributed by atoms with Crippen LogP contribution < -0.4 is 4.72 Å². The molecule has 0 radical (unpaired) electrons. The lowest BCUT2D eigenvalue weighted by Gasteiger charge is -2.10. The van der Waals surface area contributed by atoms with Crippen molar-refractivity contribution >= 4 is 21.4 Å². The molecule has 1 heterocycles. The maximum atomic E-state index is 11.9. The van der Waals surface area contributed by atoms with Gasteiger partial charge < -0.3 is 0 Å². The van der Waals surface area contributed by atoms with Crippen LogP contribution in [0.5, 0.6) is 0 Å². The molecule has 20 heavy (non-hydrogen) atoms. The van der Waals surface area contributed by atoms with Crippen LogP contribution in [0.1, 0.15) is 25.3 Å². The van der Waals surface area contributed by atoms with E-state index in [2.05, 4.69) is 16.2 Å². The van der Waals surface area contributed by atoms with Crippen LogP contribution in [-0.2, 0) is 16.6 Å². The number of rotatable bonds is 7. The van der Waals surface area contributed by atoms with E-state index in [0.717, 1.165) is 23.1 Å². The molecule has 2 rings (SSSR count). The molecule has 0 unspecified atom stereocenters. The highest BCUT2D eigenvalue weighted by Crippen LogP contribution is 2.25. The molecular formula is C15H19NO2S2. The Morgan fingerprint density at radius 1 is 1.20 bits per heavy atom. The van der Waals surface area contributed by atoms with Gasteiger partial charge in [0.15, 0.2) is 0 Å². The van der Waals surface area contributed by atoms with Crippen LogP contribution in [0, 0.1) is 0 Å². The molecule has 0 aliphatic heterocycles. The van der Waals surface area contributed by atoms with Gasteiger partial charge in [0, 0.05) is 6.54 Å². The number of nitrogens with one attached hydrogen (secondary N) is 1. The number of sulfonamides is 1. The molecule has 0 saturated carbocycles.